The first-order valence-electron chi connectivity index (χ1n) is 9.97. The van der Waals surface area contributed by atoms with Gasteiger partial charge in [-0.25, -0.2) is 17.6 Å². The molecule has 2 rings (SSSR count). The van der Waals surface area contributed by atoms with E-state index in [1.165, 1.54) is 52.7 Å². The molecule has 0 N–H and O–H groups in total. The van der Waals surface area contributed by atoms with Crippen LogP contribution in [-0.2, 0) is 26.1 Å². The molecular formula is C22H26ClFN2O5S. The van der Waals surface area contributed by atoms with Crippen LogP contribution in [0.25, 0.3) is 0 Å². The van der Waals surface area contributed by atoms with Crippen LogP contribution in [0, 0.1) is 12.7 Å². The number of carbonyl (C=O) groups is 2. The minimum Gasteiger partial charge on any atom is -0.452 e. The average Bonchev–Trinajstić information content (AvgIpc) is 2.75. The summed E-state index contributed by atoms with van der Waals surface area (Å²) in [7, 11) is -2.33. The number of hydrogen-bond donors (Lipinski definition) is 0. The topological polar surface area (TPSA) is 84.0 Å². The van der Waals surface area contributed by atoms with Gasteiger partial charge in [0.25, 0.3) is 5.91 Å². The van der Waals surface area contributed by atoms with Crippen LogP contribution in [0.5, 0.6) is 0 Å². The van der Waals surface area contributed by atoms with Crippen LogP contribution in [0.1, 0.15) is 35.3 Å². The van der Waals surface area contributed by atoms with Crippen LogP contribution in [0.4, 0.5) is 4.39 Å². The van der Waals surface area contributed by atoms with Gasteiger partial charge in [-0.2, -0.15) is 4.31 Å². The molecule has 0 bridgehead atoms. The Morgan fingerprint density at radius 2 is 1.78 bits per heavy atom. The predicted octanol–water partition coefficient (Wildman–Crippen LogP) is 3.63. The van der Waals surface area contributed by atoms with Crippen LogP contribution >= 0.6 is 11.6 Å². The third-order valence-corrected chi connectivity index (χ3v) is 7.38. The molecule has 0 aliphatic rings. The summed E-state index contributed by atoms with van der Waals surface area (Å²) >= 11 is 5.98. The Balaban J connectivity index is 2.11. The number of aryl methyl sites for hydroxylation is 1. The third kappa shape index (κ3) is 5.85. The molecule has 2 aromatic carbocycles. The fourth-order valence-electron chi connectivity index (χ4n) is 3.02. The maximum atomic E-state index is 13.9. The quantitative estimate of drug-likeness (QED) is 0.507. The number of nitrogens with zero attached hydrogens (tertiary/aromatic N) is 2. The Bertz CT molecular complexity index is 1080. The third-order valence-electron chi connectivity index (χ3n) is 4.98. The number of ether oxygens (including phenoxy) is 1. The van der Waals surface area contributed by atoms with Crippen LogP contribution in [0.15, 0.2) is 41.3 Å². The molecule has 0 heterocycles. The molecule has 1 amide bonds. The number of sulfonamides is 1. The number of hydrogen-bond acceptors (Lipinski definition) is 5. The summed E-state index contributed by atoms with van der Waals surface area (Å²) in [4.78, 5) is 26.1. The van der Waals surface area contributed by atoms with E-state index < -0.39 is 34.3 Å². The number of benzene rings is 2. The number of rotatable bonds is 9. The number of carbonyl (C=O) groups excluding carboxylic acids is 2. The molecule has 0 spiro atoms. The van der Waals surface area contributed by atoms with Gasteiger partial charge in [-0.3, -0.25) is 4.79 Å². The molecule has 32 heavy (non-hydrogen) atoms. The van der Waals surface area contributed by atoms with Gasteiger partial charge in [0.1, 0.15) is 5.82 Å². The standard InChI is InChI=1S/C22H26ClFN2O5S/c1-5-26(6-2)32(29,30)16-11-10-15(3)17(12-16)22(28)31-14-21(27)25(4)13-18-19(23)8-7-9-20(18)24/h7-12H,5-6,13-14H2,1-4H3. The van der Waals surface area contributed by atoms with E-state index in [9.17, 15) is 22.4 Å². The molecule has 0 fully saturated rings. The van der Waals surface area contributed by atoms with Gasteiger partial charge in [-0.1, -0.05) is 37.6 Å². The van der Waals surface area contributed by atoms with E-state index in [0.29, 0.717) is 18.7 Å². The molecule has 0 aromatic heterocycles. The van der Waals surface area contributed by atoms with Crippen molar-refractivity contribution >= 4 is 33.5 Å². The first kappa shape index (κ1) is 25.8. The highest BCUT2D eigenvalue weighted by Gasteiger charge is 2.24. The molecule has 7 nitrogen and oxygen atoms in total. The van der Waals surface area contributed by atoms with Crippen molar-refractivity contribution in [2.45, 2.75) is 32.2 Å². The van der Waals surface area contributed by atoms with Crippen molar-refractivity contribution in [2.75, 3.05) is 26.7 Å². The van der Waals surface area contributed by atoms with Crippen LogP contribution in [0.3, 0.4) is 0 Å². The van der Waals surface area contributed by atoms with E-state index in [-0.39, 0.29) is 27.6 Å². The van der Waals surface area contributed by atoms with Gasteiger partial charge >= 0.3 is 5.97 Å². The molecule has 0 aliphatic heterocycles. The summed E-state index contributed by atoms with van der Waals surface area (Å²) in [6.07, 6.45) is 0. The molecule has 2 aromatic rings. The highest BCUT2D eigenvalue weighted by atomic mass is 35.5. The maximum absolute atomic E-state index is 13.9. The van der Waals surface area contributed by atoms with Gasteiger partial charge < -0.3 is 9.64 Å². The molecule has 0 saturated carbocycles. The van der Waals surface area contributed by atoms with Gasteiger partial charge in [0.15, 0.2) is 6.61 Å². The van der Waals surface area contributed by atoms with Gasteiger partial charge in [-0.15, -0.1) is 0 Å². The van der Waals surface area contributed by atoms with Gasteiger partial charge in [-0.05, 0) is 36.8 Å². The Morgan fingerprint density at radius 1 is 1.12 bits per heavy atom. The van der Waals surface area contributed by atoms with Gasteiger partial charge in [0.2, 0.25) is 10.0 Å². The van der Waals surface area contributed by atoms with Crippen molar-refractivity contribution in [1.82, 2.24) is 9.21 Å². The van der Waals surface area contributed by atoms with E-state index in [4.69, 9.17) is 16.3 Å². The number of halogens is 2. The fraction of sp³-hybridized carbons (Fsp3) is 0.364. The molecule has 0 aliphatic carbocycles. The molecule has 0 saturated heterocycles. The maximum Gasteiger partial charge on any atom is 0.338 e. The summed E-state index contributed by atoms with van der Waals surface area (Å²) in [6, 6.07) is 8.40. The Morgan fingerprint density at radius 3 is 2.38 bits per heavy atom. The smallest absolute Gasteiger partial charge is 0.338 e. The normalized spacial score (nSPS) is 11.5. The lowest BCUT2D eigenvalue weighted by molar-refractivity contribution is -0.133. The number of likely N-dealkylation sites (N-methyl/N-ethyl adjacent to an activating group) is 1. The first-order valence-corrected chi connectivity index (χ1v) is 11.8. The van der Waals surface area contributed by atoms with Crippen molar-refractivity contribution in [1.29, 1.82) is 0 Å². The predicted molar refractivity (Wildman–Crippen MR) is 119 cm³/mol. The van der Waals surface area contributed by atoms with Crippen LogP contribution in [-0.4, -0.2) is 56.2 Å². The Kier molecular flexibility index (Phi) is 8.77. The van der Waals surface area contributed by atoms with E-state index in [1.807, 2.05) is 0 Å². The highest BCUT2D eigenvalue weighted by molar-refractivity contribution is 7.89. The van der Waals surface area contributed by atoms with Crippen LogP contribution < -0.4 is 0 Å². The zero-order chi connectivity index (χ0) is 24.1. The van der Waals surface area contributed by atoms with E-state index in [0.717, 1.165) is 0 Å². The number of esters is 1. The van der Waals surface area contributed by atoms with E-state index in [1.54, 1.807) is 20.8 Å². The fourth-order valence-corrected chi connectivity index (χ4v) is 4.73. The summed E-state index contributed by atoms with van der Waals surface area (Å²) in [5.74, 6) is -1.94. The molecule has 10 heteroatoms. The zero-order valence-electron chi connectivity index (χ0n) is 18.4. The zero-order valence-corrected chi connectivity index (χ0v) is 20.0. The van der Waals surface area contributed by atoms with E-state index >= 15 is 0 Å². The number of amides is 1. The minimum absolute atomic E-state index is 0.0311. The van der Waals surface area contributed by atoms with Gasteiger partial charge in [0.05, 0.1) is 10.5 Å². The van der Waals surface area contributed by atoms with Crippen molar-refractivity contribution in [3.05, 3.63) is 63.9 Å². The van der Waals surface area contributed by atoms with Crippen molar-refractivity contribution in [2.24, 2.45) is 0 Å². The SMILES string of the molecule is CCN(CC)S(=O)(=O)c1ccc(C)c(C(=O)OCC(=O)N(C)Cc2c(F)cccc2Cl)c1. The second-order valence-electron chi connectivity index (χ2n) is 7.09. The molecule has 0 unspecified atom stereocenters. The second kappa shape index (κ2) is 10.9. The summed E-state index contributed by atoms with van der Waals surface area (Å²) in [5, 5.41) is 0.184. The summed E-state index contributed by atoms with van der Waals surface area (Å²) < 4.78 is 45.8. The lowest BCUT2D eigenvalue weighted by Crippen LogP contribution is -2.32. The Hall–Kier alpha value is -2.49. The van der Waals surface area contributed by atoms with E-state index in [2.05, 4.69) is 0 Å². The average molecular weight is 485 g/mol. The molecular weight excluding hydrogens is 459 g/mol. The van der Waals surface area contributed by atoms with Crippen molar-refractivity contribution in [3.8, 4) is 0 Å². The molecule has 0 atom stereocenters. The molecule has 0 radical (unpaired) electrons. The minimum atomic E-state index is -3.76. The summed E-state index contributed by atoms with van der Waals surface area (Å²) in [5.41, 5.74) is 0.708. The molecule has 174 valence electrons. The first-order chi connectivity index (χ1) is 15.0. The lowest BCUT2D eigenvalue weighted by atomic mass is 10.1. The monoisotopic (exact) mass is 484 g/mol. The van der Waals surface area contributed by atoms with Crippen molar-refractivity contribution in [3.63, 3.8) is 0 Å². The summed E-state index contributed by atoms with van der Waals surface area (Å²) in [6.45, 7) is 4.98. The Labute approximate surface area is 192 Å². The largest absolute Gasteiger partial charge is 0.452 e. The highest BCUT2D eigenvalue weighted by Crippen LogP contribution is 2.22. The van der Waals surface area contributed by atoms with Crippen molar-refractivity contribution < 1.29 is 27.1 Å². The van der Waals surface area contributed by atoms with Gasteiger partial charge in [0, 0.05) is 37.3 Å². The lowest BCUT2D eigenvalue weighted by Gasteiger charge is -2.20. The second-order valence-corrected chi connectivity index (χ2v) is 9.44. The van der Waals surface area contributed by atoms with Crippen LogP contribution in [0.2, 0.25) is 5.02 Å².